The predicted molar refractivity (Wildman–Crippen MR) is 90.1 cm³/mol. The highest BCUT2D eigenvalue weighted by molar-refractivity contribution is 5.92. The van der Waals surface area contributed by atoms with Crippen LogP contribution in [-0.2, 0) is 4.79 Å². The molecule has 0 radical (unpaired) electrons. The Balaban J connectivity index is 0.00000242. The van der Waals surface area contributed by atoms with Gasteiger partial charge in [0.05, 0.1) is 6.54 Å². The average Bonchev–Trinajstić information content (AvgIpc) is 2.45. The fourth-order valence-electron chi connectivity index (χ4n) is 2.71. The predicted octanol–water partition coefficient (Wildman–Crippen LogP) is 2.43. The van der Waals surface area contributed by atoms with Gasteiger partial charge >= 0.3 is 0 Å². The van der Waals surface area contributed by atoms with Gasteiger partial charge in [-0.05, 0) is 70.1 Å². The summed E-state index contributed by atoms with van der Waals surface area (Å²) in [5, 5.41) is 5.96. The zero-order valence-corrected chi connectivity index (χ0v) is 14.0. The molecule has 0 saturated carbocycles. The molecule has 1 aliphatic heterocycles. The fourth-order valence-corrected chi connectivity index (χ4v) is 2.71. The van der Waals surface area contributed by atoms with E-state index < -0.39 is 0 Å². The molecule has 0 unspecified atom stereocenters. The number of anilines is 1. The van der Waals surface area contributed by atoms with Crippen LogP contribution in [0.3, 0.4) is 0 Å². The Labute approximate surface area is 137 Å². The van der Waals surface area contributed by atoms with Crippen LogP contribution in [0, 0.1) is 18.7 Å². The lowest BCUT2D eigenvalue weighted by Crippen LogP contribution is -2.40. The van der Waals surface area contributed by atoms with E-state index in [0.717, 1.165) is 32.5 Å². The molecule has 0 aromatic heterocycles. The topological polar surface area (TPSA) is 44.4 Å². The number of nitrogens with zero attached hydrogens (tertiary/aromatic N) is 1. The Morgan fingerprint density at radius 1 is 1.36 bits per heavy atom. The molecule has 124 valence electrons. The number of rotatable bonds is 5. The summed E-state index contributed by atoms with van der Waals surface area (Å²) in [5.41, 5.74) is 1.10. The van der Waals surface area contributed by atoms with Gasteiger partial charge in [-0.3, -0.25) is 9.69 Å². The molecular formula is C16H25ClFN3O. The maximum Gasteiger partial charge on any atom is 0.238 e. The van der Waals surface area contributed by atoms with E-state index in [1.54, 1.807) is 19.1 Å². The fraction of sp³-hybridized carbons (Fsp3) is 0.562. The Morgan fingerprint density at radius 2 is 2.05 bits per heavy atom. The highest BCUT2D eigenvalue weighted by atomic mass is 35.5. The lowest BCUT2D eigenvalue weighted by Gasteiger charge is -2.31. The van der Waals surface area contributed by atoms with Gasteiger partial charge in [0, 0.05) is 5.69 Å². The maximum absolute atomic E-state index is 13.4. The van der Waals surface area contributed by atoms with Crippen molar-refractivity contribution >= 4 is 24.0 Å². The molecule has 22 heavy (non-hydrogen) atoms. The van der Waals surface area contributed by atoms with Crippen molar-refractivity contribution in [3.05, 3.63) is 29.6 Å². The van der Waals surface area contributed by atoms with Gasteiger partial charge in [-0.2, -0.15) is 0 Å². The van der Waals surface area contributed by atoms with Crippen LogP contribution >= 0.6 is 12.4 Å². The standard InChI is InChI=1S/C16H24FN3O.ClH/c1-12-3-4-14(9-15(12)17)19-16(21)11-20-7-5-13(6-8-20)10-18-2;/h3-4,9,13,18H,5-8,10-11H2,1-2H3,(H,19,21);1H. The molecule has 1 aromatic rings. The number of amides is 1. The summed E-state index contributed by atoms with van der Waals surface area (Å²) in [6.45, 7) is 5.02. The van der Waals surface area contributed by atoms with E-state index >= 15 is 0 Å². The summed E-state index contributed by atoms with van der Waals surface area (Å²) in [7, 11) is 1.97. The van der Waals surface area contributed by atoms with Crippen molar-refractivity contribution in [3.63, 3.8) is 0 Å². The third kappa shape index (κ3) is 5.55. The molecule has 0 aliphatic carbocycles. The van der Waals surface area contributed by atoms with Crippen LogP contribution in [-0.4, -0.2) is 44.0 Å². The number of halogens is 2. The van der Waals surface area contributed by atoms with Gasteiger partial charge in [0.15, 0.2) is 0 Å². The number of likely N-dealkylation sites (tertiary alicyclic amines) is 1. The van der Waals surface area contributed by atoms with Gasteiger partial charge in [0.25, 0.3) is 0 Å². The Hall–Kier alpha value is -1.17. The first-order chi connectivity index (χ1) is 10.1. The number of hydrogen-bond donors (Lipinski definition) is 2. The number of carbonyl (C=O) groups is 1. The van der Waals surface area contributed by atoms with Crippen LogP contribution in [0.4, 0.5) is 10.1 Å². The van der Waals surface area contributed by atoms with E-state index in [1.807, 2.05) is 7.05 Å². The maximum atomic E-state index is 13.4. The molecule has 1 aliphatic rings. The van der Waals surface area contributed by atoms with Crippen LogP contribution in [0.15, 0.2) is 18.2 Å². The molecule has 1 heterocycles. The van der Waals surface area contributed by atoms with E-state index in [-0.39, 0.29) is 24.1 Å². The molecule has 0 spiro atoms. The number of nitrogens with one attached hydrogen (secondary N) is 2. The minimum atomic E-state index is -0.291. The van der Waals surface area contributed by atoms with Crippen LogP contribution in [0.2, 0.25) is 0 Å². The third-order valence-corrected chi connectivity index (χ3v) is 4.02. The number of benzene rings is 1. The molecule has 0 atom stereocenters. The molecule has 1 amide bonds. The van der Waals surface area contributed by atoms with Gasteiger partial charge in [-0.25, -0.2) is 4.39 Å². The second kappa shape index (κ2) is 9.08. The van der Waals surface area contributed by atoms with Crippen molar-refractivity contribution in [1.82, 2.24) is 10.2 Å². The molecule has 1 fully saturated rings. The normalized spacial score (nSPS) is 16.1. The summed E-state index contributed by atoms with van der Waals surface area (Å²) in [6, 6.07) is 4.77. The van der Waals surface area contributed by atoms with Crippen molar-refractivity contribution in [3.8, 4) is 0 Å². The van der Waals surface area contributed by atoms with Gasteiger partial charge in [-0.15, -0.1) is 12.4 Å². The lowest BCUT2D eigenvalue weighted by molar-refractivity contribution is -0.117. The van der Waals surface area contributed by atoms with E-state index in [1.165, 1.54) is 6.07 Å². The number of piperidine rings is 1. The smallest absolute Gasteiger partial charge is 0.238 e. The second-order valence-corrected chi connectivity index (χ2v) is 5.79. The summed E-state index contributed by atoms with van der Waals surface area (Å²) in [6.07, 6.45) is 2.24. The van der Waals surface area contributed by atoms with Crippen molar-refractivity contribution < 1.29 is 9.18 Å². The van der Waals surface area contributed by atoms with Crippen LogP contribution in [0.1, 0.15) is 18.4 Å². The highest BCUT2D eigenvalue weighted by Gasteiger charge is 2.20. The summed E-state index contributed by atoms with van der Waals surface area (Å²) in [4.78, 5) is 14.2. The van der Waals surface area contributed by atoms with Crippen molar-refractivity contribution in [2.24, 2.45) is 5.92 Å². The van der Waals surface area contributed by atoms with E-state index in [2.05, 4.69) is 15.5 Å². The molecule has 1 aromatic carbocycles. The van der Waals surface area contributed by atoms with Crippen molar-refractivity contribution in [2.75, 3.05) is 38.5 Å². The minimum Gasteiger partial charge on any atom is -0.325 e. The Bertz CT molecular complexity index is 490. The molecule has 4 nitrogen and oxygen atoms in total. The molecule has 0 bridgehead atoms. The van der Waals surface area contributed by atoms with Crippen LogP contribution in [0.5, 0.6) is 0 Å². The molecule has 6 heteroatoms. The Morgan fingerprint density at radius 3 is 2.64 bits per heavy atom. The van der Waals surface area contributed by atoms with Crippen molar-refractivity contribution in [1.29, 1.82) is 0 Å². The van der Waals surface area contributed by atoms with Gasteiger partial charge in [-0.1, -0.05) is 6.07 Å². The minimum absolute atomic E-state index is 0. The van der Waals surface area contributed by atoms with Gasteiger partial charge in [0.1, 0.15) is 5.82 Å². The Kier molecular flexibility index (Phi) is 7.79. The van der Waals surface area contributed by atoms with Crippen LogP contribution in [0.25, 0.3) is 0 Å². The zero-order valence-electron chi connectivity index (χ0n) is 13.2. The molecular weight excluding hydrogens is 305 g/mol. The van der Waals surface area contributed by atoms with Crippen molar-refractivity contribution in [2.45, 2.75) is 19.8 Å². The van der Waals surface area contributed by atoms with Crippen LogP contribution < -0.4 is 10.6 Å². The zero-order chi connectivity index (χ0) is 15.2. The van der Waals surface area contributed by atoms with E-state index in [0.29, 0.717) is 23.7 Å². The molecule has 2 N–H and O–H groups in total. The first-order valence-electron chi connectivity index (χ1n) is 7.51. The number of aryl methyl sites for hydroxylation is 1. The van der Waals surface area contributed by atoms with E-state index in [9.17, 15) is 9.18 Å². The monoisotopic (exact) mass is 329 g/mol. The summed E-state index contributed by atoms with van der Waals surface area (Å²) >= 11 is 0. The molecule has 1 saturated heterocycles. The average molecular weight is 330 g/mol. The largest absolute Gasteiger partial charge is 0.325 e. The SMILES string of the molecule is CNCC1CCN(CC(=O)Nc2ccc(C)c(F)c2)CC1.Cl. The van der Waals surface area contributed by atoms with Gasteiger partial charge < -0.3 is 10.6 Å². The quantitative estimate of drug-likeness (QED) is 0.872. The third-order valence-electron chi connectivity index (χ3n) is 4.02. The lowest BCUT2D eigenvalue weighted by atomic mass is 9.97. The first kappa shape index (κ1) is 18.9. The molecule has 2 rings (SSSR count). The number of hydrogen-bond acceptors (Lipinski definition) is 3. The summed E-state index contributed by atoms with van der Waals surface area (Å²) in [5.74, 6) is 0.339. The number of carbonyl (C=O) groups excluding carboxylic acids is 1. The van der Waals surface area contributed by atoms with Gasteiger partial charge in [0.2, 0.25) is 5.91 Å². The second-order valence-electron chi connectivity index (χ2n) is 5.79. The summed E-state index contributed by atoms with van der Waals surface area (Å²) < 4.78 is 13.4. The highest BCUT2D eigenvalue weighted by Crippen LogP contribution is 2.17. The first-order valence-corrected chi connectivity index (χ1v) is 7.51. The van der Waals surface area contributed by atoms with E-state index in [4.69, 9.17) is 0 Å².